The number of ether oxygens (including phenoxy) is 1. The van der Waals surface area contributed by atoms with E-state index in [0.29, 0.717) is 0 Å². The Morgan fingerprint density at radius 2 is 1.84 bits per heavy atom. The molecule has 2 rings (SSSR count). The Kier molecular flexibility index (Phi) is 5.00. The van der Waals surface area contributed by atoms with E-state index in [4.69, 9.17) is 4.74 Å². The van der Waals surface area contributed by atoms with Crippen LogP contribution in [0.3, 0.4) is 0 Å². The Morgan fingerprint density at radius 1 is 1.11 bits per heavy atom. The zero-order valence-electron chi connectivity index (χ0n) is 11.7. The third kappa shape index (κ3) is 3.82. The first-order valence-corrected chi connectivity index (χ1v) is 7.67. The lowest BCUT2D eigenvalue weighted by molar-refractivity contribution is 0.242. The maximum atomic E-state index is 5.68. The second-order valence-electron chi connectivity index (χ2n) is 4.78. The SMILES string of the molecule is CCNC(c1ccc(OC(C)C)cc1)c1ccsc1. The lowest BCUT2D eigenvalue weighted by Crippen LogP contribution is -2.21. The van der Waals surface area contributed by atoms with Gasteiger partial charge in [-0.1, -0.05) is 19.1 Å². The summed E-state index contributed by atoms with van der Waals surface area (Å²) >= 11 is 1.74. The molecule has 19 heavy (non-hydrogen) atoms. The molecule has 0 spiro atoms. The lowest BCUT2D eigenvalue weighted by Gasteiger charge is -2.18. The van der Waals surface area contributed by atoms with Gasteiger partial charge in [0.15, 0.2) is 0 Å². The number of hydrogen-bond donors (Lipinski definition) is 1. The van der Waals surface area contributed by atoms with Crippen molar-refractivity contribution in [2.45, 2.75) is 32.9 Å². The van der Waals surface area contributed by atoms with Gasteiger partial charge in [-0.05, 0) is 60.5 Å². The number of thiophene rings is 1. The van der Waals surface area contributed by atoms with Crippen molar-refractivity contribution in [1.82, 2.24) is 5.32 Å². The molecule has 1 atom stereocenters. The molecule has 1 aromatic heterocycles. The second-order valence-corrected chi connectivity index (χ2v) is 5.56. The van der Waals surface area contributed by atoms with E-state index in [-0.39, 0.29) is 12.1 Å². The average Bonchev–Trinajstić information content (AvgIpc) is 2.90. The van der Waals surface area contributed by atoms with Crippen molar-refractivity contribution in [3.05, 3.63) is 52.2 Å². The van der Waals surface area contributed by atoms with Crippen LogP contribution in [-0.4, -0.2) is 12.6 Å². The molecule has 0 aliphatic carbocycles. The smallest absolute Gasteiger partial charge is 0.119 e. The Balaban J connectivity index is 2.18. The van der Waals surface area contributed by atoms with Crippen molar-refractivity contribution in [2.24, 2.45) is 0 Å². The molecule has 0 radical (unpaired) electrons. The summed E-state index contributed by atoms with van der Waals surface area (Å²) < 4.78 is 5.68. The minimum Gasteiger partial charge on any atom is -0.491 e. The molecule has 0 amide bonds. The van der Waals surface area contributed by atoms with Crippen LogP contribution in [-0.2, 0) is 0 Å². The van der Waals surface area contributed by atoms with Gasteiger partial charge in [0.2, 0.25) is 0 Å². The summed E-state index contributed by atoms with van der Waals surface area (Å²) in [4.78, 5) is 0. The van der Waals surface area contributed by atoms with E-state index < -0.39 is 0 Å². The first-order chi connectivity index (χ1) is 9.20. The summed E-state index contributed by atoms with van der Waals surface area (Å²) in [5.74, 6) is 0.930. The van der Waals surface area contributed by atoms with Gasteiger partial charge in [-0.25, -0.2) is 0 Å². The number of benzene rings is 1. The summed E-state index contributed by atoms with van der Waals surface area (Å²) in [5.41, 5.74) is 2.60. The molecule has 0 bridgehead atoms. The van der Waals surface area contributed by atoms with E-state index >= 15 is 0 Å². The zero-order chi connectivity index (χ0) is 13.7. The Morgan fingerprint density at radius 3 is 2.37 bits per heavy atom. The molecule has 3 heteroatoms. The number of nitrogens with one attached hydrogen (secondary N) is 1. The quantitative estimate of drug-likeness (QED) is 0.851. The molecule has 0 saturated carbocycles. The molecule has 102 valence electrons. The van der Waals surface area contributed by atoms with Crippen molar-refractivity contribution in [1.29, 1.82) is 0 Å². The van der Waals surface area contributed by atoms with Crippen LogP contribution in [0.1, 0.15) is 37.9 Å². The fourth-order valence-corrected chi connectivity index (χ4v) is 2.77. The molecule has 0 aliphatic rings. The summed E-state index contributed by atoms with van der Waals surface area (Å²) in [7, 11) is 0. The van der Waals surface area contributed by atoms with Gasteiger partial charge in [0.05, 0.1) is 12.1 Å². The highest BCUT2D eigenvalue weighted by Gasteiger charge is 2.13. The monoisotopic (exact) mass is 275 g/mol. The summed E-state index contributed by atoms with van der Waals surface area (Å²) in [5, 5.41) is 7.85. The molecular formula is C16H21NOS. The van der Waals surface area contributed by atoms with Crippen LogP contribution in [0.25, 0.3) is 0 Å². The fraction of sp³-hybridized carbons (Fsp3) is 0.375. The van der Waals surface area contributed by atoms with E-state index in [1.807, 2.05) is 26.0 Å². The predicted molar refractivity (Wildman–Crippen MR) is 82.0 cm³/mol. The molecule has 2 aromatic rings. The Hall–Kier alpha value is -1.32. The molecule has 1 heterocycles. The third-order valence-corrected chi connectivity index (χ3v) is 3.57. The molecule has 1 unspecified atom stereocenters. The van der Waals surface area contributed by atoms with E-state index in [2.05, 4.69) is 41.2 Å². The first-order valence-electron chi connectivity index (χ1n) is 6.72. The summed E-state index contributed by atoms with van der Waals surface area (Å²) in [6, 6.07) is 10.8. The Bertz CT molecular complexity index is 476. The highest BCUT2D eigenvalue weighted by atomic mass is 32.1. The van der Waals surface area contributed by atoms with Crippen molar-refractivity contribution in [3.63, 3.8) is 0 Å². The predicted octanol–water partition coefficient (Wildman–Crippen LogP) is 4.23. The fourth-order valence-electron chi connectivity index (χ4n) is 2.08. The van der Waals surface area contributed by atoms with Gasteiger partial charge < -0.3 is 10.1 Å². The summed E-state index contributed by atoms with van der Waals surface area (Å²) in [6.45, 7) is 7.17. The Labute approximate surface area is 119 Å². The van der Waals surface area contributed by atoms with E-state index in [9.17, 15) is 0 Å². The first kappa shape index (κ1) is 14.1. The molecule has 0 saturated heterocycles. The van der Waals surface area contributed by atoms with Crippen molar-refractivity contribution in [3.8, 4) is 5.75 Å². The number of rotatable bonds is 6. The van der Waals surface area contributed by atoms with Gasteiger partial charge in [0, 0.05) is 0 Å². The maximum Gasteiger partial charge on any atom is 0.119 e. The van der Waals surface area contributed by atoms with Crippen molar-refractivity contribution >= 4 is 11.3 Å². The van der Waals surface area contributed by atoms with Crippen LogP contribution in [0.2, 0.25) is 0 Å². The van der Waals surface area contributed by atoms with Crippen LogP contribution in [0.15, 0.2) is 41.1 Å². The lowest BCUT2D eigenvalue weighted by atomic mass is 10.0. The van der Waals surface area contributed by atoms with Gasteiger partial charge in [-0.15, -0.1) is 0 Å². The average molecular weight is 275 g/mol. The molecule has 2 nitrogen and oxygen atoms in total. The maximum absolute atomic E-state index is 5.68. The normalized spacial score (nSPS) is 12.6. The van der Waals surface area contributed by atoms with Gasteiger partial charge in [0.25, 0.3) is 0 Å². The van der Waals surface area contributed by atoms with E-state index in [0.717, 1.165) is 12.3 Å². The standard InChI is InChI=1S/C16H21NOS/c1-4-17-16(14-9-10-19-11-14)13-5-7-15(8-6-13)18-12(2)3/h5-12,16-17H,4H2,1-3H3. The van der Waals surface area contributed by atoms with Crippen molar-refractivity contribution < 1.29 is 4.74 Å². The largest absolute Gasteiger partial charge is 0.491 e. The second kappa shape index (κ2) is 6.73. The molecule has 0 fully saturated rings. The molecule has 0 aliphatic heterocycles. The third-order valence-electron chi connectivity index (χ3n) is 2.87. The molecule has 1 N–H and O–H groups in total. The molecular weight excluding hydrogens is 254 g/mol. The van der Waals surface area contributed by atoms with Crippen LogP contribution in [0.5, 0.6) is 5.75 Å². The van der Waals surface area contributed by atoms with Crippen LogP contribution < -0.4 is 10.1 Å². The van der Waals surface area contributed by atoms with Gasteiger partial charge in [-0.2, -0.15) is 11.3 Å². The summed E-state index contributed by atoms with van der Waals surface area (Å²) in [6.07, 6.45) is 0.215. The van der Waals surface area contributed by atoms with Crippen LogP contribution in [0, 0.1) is 0 Å². The van der Waals surface area contributed by atoms with Gasteiger partial charge in [-0.3, -0.25) is 0 Å². The van der Waals surface area contributed by atoms with Crippen LogP contribution in [0.4, 0.5) is 0 Å². The highest BCUT2D eigenvalue weighted by molar-refractivity contribution is 7.08. The molecule has 1 aromatic carbocycles. The minimum absolute atomic E-state index is 0.215. The van der Waals surface area contributed by atoms with Crippen molar-refractivity contribution in [2.75, 3.05) is 6.54 Å². The topological polar surface area (TPSA) is 21.3 Å². The van der Waals surface area contributed by atoms with E-state index in [1.165, 1.54) is 11.1 Å². The van der Waals surface area contributed by atoms with Crippen LogP contribution >= 0.6 is 11.3 Å². The zero-order valence-corrected chi connectivity index (χ0v) is 12.5. The van der Waals surface area contributed by atoms with E-state index in [1.54, 1.807) is 11.3 Å². The minimum atomic E-state index is 0.215. The van der Waals surface area contributed by atoms with Gasteiger partial charge >= 0.3 is 0 Å². The highest BCUT2D eigenvalue weighted by Crippen LogP contribution is 2.26. The van der Waals surface area contributed by atoms with Gasteiger partial charge in [0.1, 0.15) is 5.75 Å². The number of hydrogen-bond acceptors (Lipinski definition) is 3.